The fraction of sp³-hybridized carbons (Fsp3) is 0.462. The molecule has 1 aliphatic rings. The van der Waals surface area contributed by atoms with Gasteiger partial charge in [0.15, 0.2) is 0 Å². The molecule has 18 heavy (non-hydrogen) atoms. The molecular weight excluding hydrogens is 270 g/mol. The first-order chi connectivity index (χ1) is 8.50. The van der Waals surface area contributed by atoms with E-state index in [-0.39, 0.29) is 18.1 Å². The summed E-state index contributed by atoms with van der Waals surface area (Å²) < 4.78 is 5.48. The summed E-state index contributed by atoms with van der Waals surface area (Å²) in [6.45, 7) is 2.68. The molecule has 0 saturated carbocycles. The molecule has 5 heteroatoms. The van der Waals surface area contributed by atoms with Crippen LogP contribution >= 0.6 is 24.2 Å². The summed E-state index contributed by atoms with van der Waals surface area (Å²) in [5, 5.41) is 0.455. The SMILES string of the molecule is CC1OCCC1N(C)C(=O)c1cc(S)ccc1Cl. The quantitative estimate of drug-likeness (QED) is 0.847. The molecule has 98 valence electrons. The van der Waals surface area contributed by atoms with Crippen molar-refractivity contribution >= 4 is 30.1 Å². The normalized spacial score (nSPS) is 23.1. The van der Waals surface area contributed by atoms with Gasteiger partial charge in [0, 0.05) is 18.6 Å². The lowest BCUT2D eigenvalue weighted by molar-refractivity contribution is 0.0574. The Hall–Kier alpha value is -0.710. The molecule has 1 aromatic rings. The number of carbonyl (C=O) groups excluding carboxylic acids is 1. The number of carbonyl (C=O) groups is 1. The number of halogens is 1. The van der Waals surface area contributed by atoms with Gasteiger partial charge in [0.25, 0.3) is 5.91 Å². The number of hydrogen-bond donors (Lipinski definition) is 1. The van der Waals surface area contributed by atoms with E-state index in [0.29, 0.717) is 17.2 Å². The minimum absolute atomic E-state index is 0.0666. The Morgan fingerprint density at radius 3 is 2.89 bits per heavy atom. The predicted molar refractivity (Wildman–Crippen MR) is 74.6 cm³/mol. The first kappa shape index (κ1) is 13.7. The van der Waals surface area contributed by atoms with Crippen LogP contribution in [0.4, 0.5) is 0 Å². The third kappa shape index (κ3) is 2.66. The van der Waals surface area contributed by atoms with Gasteiger partial charge in [0.2, 0.25) is 0 Å². The van der Waals surface area contributed by atoms with E-state index in [0.717, 1.165) is 11.3 Å². The maximum Gasteiger partial charge on any atom is 0.255 e. The molecule has 1 saturated heterocycles. The average molecular weight is 286 g/mol. The molecule has 3 nitrogen and oxygen atoms in total. The minimum Gasteiger partial charge on any atom is -0.376 e. The Morgan fingerprint density at radius 1 is 1.56 bits per heavy atom. The molecule has 1 aliphatic heterocycles. The van der Waals surface area contributed by atoms with Crippen molar-refractivity contribution in [2.45, 2.75) is 30.4 Å². The number of amides is 1. The van der Waals surface area contributed by atoms with Gasteiger partial charge in [0.05, 0.1) is 22.7 Å². The third-order valence-electron chi connectivity index (χ3n) is 3.33. The Bertz CT molecular complexity index is 466. The topological polar surface area (TPSA) is 29.5 Å². The first-order valence-corrected chi connectivity index (χ1v) is 6.70. The highest BCUT2D eigenvalue weighted by Crippen LogP contribution is 2.24. The molecule has 0 aliphatic carbocycles. The molecule has 1 fully saturated rings. The highest BCUT2D eigenvalue weighted by atomic mass is 35.5. The first-order valence-electron chi connectivity index (χ1n) is 5.88. The van der Waals surface area contributed by atoms with Crippen LogP contribution in [-0.2, 0) is 4.74 Å². The summed E-state index contributed by atoms with van der Waals surface area (Å²) in [5.74, 6) is -0.0850. The number of nitrogens with zero attached hydrogens (tertiary/aromatic N) is 1. The molecule has 0 bridgehead atoms. The van der Waals surface area contributed by atoms with Crippen LogP contribution in [0.2, 0.25) is 5.02 Å². The van der Waals surface area contributed by atoms with Gasteiger partial charge in [-0.15, -0.1) is 12.6 Å². The highest BCUT2D eigenvalue weighted by Gasteiger charge is 2.31. The summed E-state index contributed by atoms with van der Waals surface area (Å²) in [7, 11) is 1.79. The van der Waals surface area contributed by atoms with Crippen LogP contribution in [-0.4, -0.2) is 36.6 Å². The van der Waals surface area contributed by atoms with Gasteiger partial charge in [-0.2, -0.15) is 0 Å². The van der Waals surface area contributed by atoms with Gasteiger partial charge in [-0.3, -0.25) is 4.79 Å². The van der Waals surface area contributed by atoms with Gasteiger partial charge in [-0.05, 0) is 31.5 Å². The Kier molecular flexibility index (Phi) is 4.20. The average Bonchev–Trinajstić information content (AvgIpc) is 2.77. The van der Waals surface area contributed by atoms with Crippen LogP contribution in [0.25, 0.3) is 0 Å². The minimum atomic E-state index is -0.0850. The van der Waals surface area contributed by atoms with E-state index in [1.165, 1.54) is 0 Å². The van der Waals surface area contributed by atoms with E-state index in [9.17, 15) is 4.79 Å². The summed E-state index contributed by atoms with van der Waals surface area (Å²) in [6.07, 6.45) is 0.929. The molecule has 0 radical (unpaired) electrons. The zero-order valence-electron chi connectivity index (χ0n) is 10.4. The number of ether oxygens (including phenoxy) is 1. The molecule has 2 unspecified atom stereocenters. The van der Waals surface area contributed by atoms with Crippen molar-refractivity contribution in [1.82, 2.24) is 4.90 Å². The van der Waals surface area contributed by atoms with Crippen molar-refractivity contribution in [3.8, 4) is 0 Å². The number of likely N-dealkylation sites (N-methyl/N-ethyl adjacent to an activating group) is 1. The highest BCUT2D eigenvalue weighted by molar-refractivity contribution is 7.80. The molecule has 0 aromatic heterocycles. The number of thiol groups is 1. The standard InChI is InChI=1S/C13H16ClNO2S/c1-8-12(5-6-17-8)15(2)13(16)10-7-9(18)3-4-11(10)14/h3-4,7-8,12,18H,5-6H2,1-2H3. The van der Waals surface area contributed by atoms with Crippen molar-refractivity contribution in [3.05, 3.63) is 28.8 Å². The summed E-state index contributed by atoms with van der Waals surface area (Å²) in [6, 6.07) is 5.27. The van der Waals surface area contributed by atoms with Gasteiger partial charge < -0.3 is 9.64 Å². The molecular formula is C13H16ClNO2S. The van der Waals surface area contributed by atoms with Gasteiger partial charge in [-0.1, -0.05) is 11.6 Å². The van der Waals surface area contributed by atoms with Crippen LogP contribution < -0.4 is 0 Å². The lowest BCUT2D eigenvalue weighted by Crippen LogP contribution is -2.41. The lowest BCUT2D eigenvalue weighted by atomic mass is 10.1. The molecule has 1 amide bonds. The van der Waals surface area contributed by atoms with E-state index >= 15 is 0 Å². The monoisotopic (exact) mass is 285 g/mol. The molecule has 0 spiro atoms. The van der Waals surface area contributed by atoms with Crippen LogP contribution in [0.1, 0.15) is 23.7 Å². The summed E-state index contributed by atoms with van der Waals surface area (Å²) >= 11 is 10.3. The number of benzene rings is 1. The van der Waals surface area contributed by atoms with Crippen LogP contribution in [0.5, 0.6) is 0 Å². The molecule has 1 aromatic carbocycles. The maximum atomic E-state index is 12.4. The molecule has 1 heterocycles. The second-order valence-corrected chi connectivity index (χ2v) is 5.44. The Labute approximate surface area is 117 Å². The smallest absolute Gasteiger partial charge is 0.255 e. The fourth-order valence-corrected chi connectivity index (χ4v) is 2.65. The second kappa shape index (κ2) is 5.51. The van der Waals surface area contributed by atoms with Crippen molar-refractivity contribution in [3.63, 3.8) is 0 Å². The summed E-state index contributed by atoms with van der Waals surface area (Å²) in [5.41, 5.74) is 0.491. The number of hydrogen-bond acceptors (Lipinski definition) is 3. The van der Waals surface area contributed by atoms with Crippen molar-refractivity contribution in [2.75, 3.05) is 13.7 Å². The molecule has 0 N–H and O–H groups in total. The van der Waals surface area contributed by atoms with Crippen molar-refractivity contribution in [1.29, 1.82) is 0 Å². The predicted octanol–water partition coefficient (Wildman–Crippen LogP) is 2.88. The van der Waals surface area contributed by atoms with Crippen LogP contribution in [0.3, 0.4) is 0 Å². The molecule has 2 rings (SSSR count). The lowest BCUT2D eigenvalue weighted by Gasteiger charge is -2.27. The van der Waals surface area contributed by atoms with E-state index in [1.54, 1.807) is 30.1 Å². The van der Waals surface area contributed by atoms with E-state index in [1.807, 2.05) is 6.92 Å². The van der Waals surface area contributed by atoms with Gasteiger partial charge in [0.1, 0.15) is 0 Å². The van der Waals surface area contributed by atoms with Crippen LogP contribution in [0.15, 0.2) is 23.1 Å². The van der Waals surface area contributed by atoms with Crippen LogP contribution in [0, 0.1) is 0 Å². The van der Waals surface area contributed by atoms with E-state index < -0.39 is 0 Å². The van der Waals surface area contributed by atoms with Crippen molar-refractivity contribution in [2.24, 2.45) is 0 Å². The maximum absolute atomic E-state index is 12.4. The molecule has 2 atom stereocenters. The fourth-order valence-electron chi connectivity index (χ4n) is 2.25. The van der Waals surface area contributed by atoms with Gasteiger partial charge in [-0.25, -0.2) is 0 Å². The van der Waals surface area contributed by atoms with E-state index in [4.69, 9.17) is 16.3 Å². The second-order valence-electron chi connectivity index (χ2n) is 4.51. The summed E-state index contributed by atoms with van der Waals surface area (Å²) in [4.78, 5) is 14.8. The Morgan fingerprint density at radius 2 is 2.28 bits per heavy atom. The zero-order valence-corrected chi connectivity index (χ0v) is 12.0. The van der Waals surface area contributed by atoms with E-state index in [2.05, 4.69) is 12.6 Å². The van der Waals surface area contributed by atoms with Crippen molar-refractivity contribution < 1.29 is 9.53 Å². The number of rotatable bonds is 2. The zero-order chi connectivity index (χ0) is 13.3. The largest absolute Gasteiger partial charge is 0.376 e. The third-order valence-corrected chi connectivity index (χ3v) is 3.94. The van der Waals surface area contributed by atoms with Gasteiger partial charge >= 0.3 is 0 Å². The Balaban J connectivity index is 2.22.